The lowest BCUT2D eigenvalue weighted by molar-refractivity contribution is -0.130. The lowest BCUT2D eigenvalue weighted by atomic mass is 10.1. The Kier molecular flexibility index (Phi) is 10.6. The normalized spacial score (nSPS) is 18.7. The molecule has 0 aromatic rings. The predicted molar refractivity (Wildman–Crippen MR) is 91.4 cm³/mol. The van der Waals surface area contributed by atoms with Crippen LogP contribution in [-0.2, 0) is 4.79 Å². The Hall–Kier alpha value is -0.530. The molecule has 1 unspecified atom stereocenters. The summed E-state index contributed by atoms with van der Waals surface area (Å²) < 4.78 is 0. The van der Waals surface area contributed by atoms with Gasteiger partial charge in [0.05, 0.1) is 0 Å². The molecule has 0 aliphatic carbocycles. The zero-order chi connectivity index (χ0) is 15.3. The van der Waals surface area contributed by atoms with E-state index in [1.165, 1.54) is 77.0 Å². The summed E-state index contributed by atoms with van der Waals surface area (Å²) in [6.45, 7) is 6.34. The lowest BCUT2D eigenvalue weighted by Crippen LogP contribution is -2.27. The second kappa shape index (κ2) is 12.1. The van der Waals surface area contributed by atoms with Gasteiger partial charge in [-0.3, -0.25) is 4.79 Å². The van der Waals surface area contributed by atoms with Crippen LogP contribution >= 0.6 is 0 Å². The largest absolute Gasteiger partial charge is 0.342 e. The van der Waals surface area contributed by atoms with Crippen molar-refractivity contribution < 1.29 is 4.79 Å². The van der Waals surface area contributed by atoms with Gasteiger partial charge < -0.3 is 4.90 Å². The minimum Gasteiger partial charge on any atom is -0.342 e. The van der Waals surface area contributed by atoms with Crippen LogP contribution in [0.4, 0.5) is 0 Å². The topological polar surface area (TPSA) is 20.3 Å². The van der Waals surface area contributed by atoms with Crippen molar-refractivity contribution in [2.75, 3.05) is 13.1 Å². The highest BCUT2D eigenvalue weighted by molar-refractivity contribution is 5.80. The van der Waals surface area contributed by atoms with Crippen molar-refractivity contribution in [1.29, 1.82) is 0 Å². The van der Waals surface area contributed by atoms with E-state index >= 15 is 0 Å². The number of hydrogen-bond donors (Lipinski definition) is 0. The molecule has 124 valence electrons. The fourth-order valence-corrected chi connectivity index (χ4v) is 3.26. The van der Waals surface area contributed by atoms with Gasteiger partial charge >= 0.3 is 0 Å². The van der Waals surface area contributed by atoms with Crippen molar-refractivity contribution >= 4 is 5.91 Å². The Balaban J connectivity index is 1.78. The molecule has 1 heterocycles. The summed E-state index contributed by atoms with van der Waals surface area (Å²) in [4.78, 5) is 13.8. The van der Waals surface area contributed by atoms with Crippen LogP contribution in [0.3, 0.4) is 0 Å². The zero-order valence-electron chi connectivity index (χ0n) is 14.5. The fraction of sp³-hybridized carbons (Fsp3) is 0.947. The molecular weight excluding hydrogens is 258 g/mol. The molecule has 1 fully saturated rings. The third kappa shape index (κ3) is 8.48. The number of carbonyl (C=O) groups excluding carboxylic acids is 1. The van der Waals surface area contributed by atoms with Crippen LogP contribution in [0.5, 0.6) is 0 Å². The molecule has 0 aromatic heterocycles. The molecule has 1 saturated heterocycles. The summed E-state index contributed by atoms with van der Waals surface area (Å²) in [7, 11) is 0. The number of hydrogen-bond acceptors (Lipinski definition) is 1. The number of amides is 1. The second-order valence-electron chi connectivity index (χ2n) is 6.90. The van der Waals surface area contributed by atoms with Crippen LogP contribution in [0.2, 0.25) is 0 Å². The van der Waals surface area contributed by atoms with E-state index in [0.717, 1.165) is 19.5 Å². The zero-order valence-corrected chi connectivity index (χ0v) is 14.5. The second-order valence-corrected chi connectivity index (χ2v) is 6.90. The minimum atomic E-state index is 0.280. The summed E-state index contributed by atoms with van der Waals surface area (Å²) in [6, 6.07) is 0. The van der Waals surface area contributed by atoms with E-state index in [9.17, 15) is 4.79 Å². The first-order valence-electron chi connectivity index (χ1n) is 9.54. The minimum absolute atomic E-state index is 0.280. The van der Waals surface area contributed by atoms with Crippen LogP contribution < -0.4 is 0 Å². The van der Waals surface area contributed by atoms with Crippen LogP contribution in [0.1, 0.15) is 97.3 Å². The van der Waals surface area contributed by atoms with E-state index in [0.29, 0.717) is 5.91 Å². The Morgan fingerprint density at radius 3 is 1.76 bits per heavy atom. The molecule has 0 N–H and O–H groups in total. The van der Waals surface area contributed by atoms with E-state index in [-0.39, 0.29) is 5.92 Å². The molecule has 0 spiro atoms. The summed E-state index contributed by atoms with van der Waals surface area (Å²) in [5.74, 6) is 0.667. The Morgan fingerprint density at radius 1 is 0.857 bits per heavy atom. The standard InChI is InChI=1S/C19H37NO/c1-3-4-5-6-7-8-9-10-11-12-13-14-16-20-17-15-18(2)19(20)21/h18H,3-17H2,1-2H3. The van der Waals surface area contributed by atoms with Gasteiger partial charge in [0.15, 0.2) is 0 Å². The first-order valence-corrected chi connectivity index (χ1v) is 9.54. The molecule has 1 aliphatic rings. The monoisotopic (exact) mass is 295 g/mol. The van der Waals surface area contributed by atoms with Crippen molar-refractivity contribution in [1.82, 2.24) is 4.90 Å². The van der Waals surface area contributed by atoms with E-state index in [2.05, 4.69) is 18.7 Å². The maximum absolute atomic E-state index is 11.8. The van der Waals surface area contributed by atoms with E-state index in [4.69, 9.17) is 0 Å². The molecule has 0 aromatic carbocycles. The molecule has 1 rings (SSSR count). The molecular formula is C19H37NO. The van der Waals surface area contributed by atoms with Crippen LogP contribution in [-0.4, -0.2) is 23.9 Å². The van der Waals surface area contributed by atoms with Crippen LogP contribution in [0.25, 0.3) is 0 Å². The quantitative estimate of drug-likeness (QED) is 0.408. The maximum Gasteiger partial charge on any atom is 0.225 e. The molecule has 1 aliphatic heterocycles. The lowest BCUT2D eigenvalue weighted by Gasteiger charge is -2.15. The smallest absolute Gasteiger partial charge is 0.225 e. The Labute approximate surface area is 132 Å². The third-order valence-corrected chi connectivity index (χ3v) is 4.85. The molecule has 1 amide bonds. The molecule has 21 heavy (non-hydrogen) atoms. The van der Waals surface area contributed by atoms with E-state index < -0.39 is 0 Å². The average Bonchev–Trinajstić information content (AvgIpc) is 2.80. The summed E-state index contributed by atoms with van der Waals surface area (Å²) in [6.07, 6.45) is 17.7. The maximum atomic E-state index is 11.8. The summed E-state index contributed by atoms with van der Waals surface area (Å²) in [5, 5.41) is 0. The van der Waals surface area contributed by atoms with Gasteiger partial charge in [-0.05, 0) is 12.8 Å². The molecule has 0 saturated carbocycles. The number of nitrogens with zero attached hydrogens (tertiary/aromatic N) is 1. The SMILES string of the molecule is CCCCCCCCCCCCCCN1CCC(C)C1=O. The van der Waals surface area contributed by atoms with Gasteiger partial charge in [0.1, 0.15) is 0 Å². The van der Waals surface area contributed by atoms with Crippen molar-refractivity contribution in [3.63, 3.8) is 0 Å². The molecule has 0 bridgehead atoms. The summed E-state index contributed by atoms with van der Waals surface area (Å²) >= 11 is 0. The van der Waals surface area contributed by atoms with Gasteiger partial charge in [-0.2, -0.15) is 0 Å². The number of carbonyl (C=O) groups is 1. The first-order chi connectivity index (χ1) is 10.3. The average molecular weight is 296 g/mol. The number of rotatable bonds is 13. The first kappa shape index (κ1) is 18.5. The van der Waals surface area contributed by atoms with Gasteiger partial charge in [-0.1, -0.05) is 84.5 Å². The van der Waals surface area contributed by atoms with Crippen molar-refractivity contribution in [3.05, 3.63) is 0 Å². The van der Waals surface area contributed by atoms with Crippen molar-refractivity contribution in [2.45, 2.75) is 97.3 Å². The van der Waals surface area contributed by atoms with Gasteiger partial charge in [0.2, 0.25) is 5.91 Å². The van der Waals surface area contributed by atoms with Gasteiger partial charge in [0.25, 0.3) is 0 Å². The third-order valence-electron chi connectivity index (χ3n) is 4.85. The Bertz CT molecular complexity index is 264. The van der Waals surface area contributed by atoms with E-state index in [1.54, 1.807) is 0 Å². The Morgan fingerprint density at radius 2 is 1.33 bits per heavy atom. The number of unbranched alkanes of at least 4 members (excludes halogenated alkanes) is 11. The van der Waals surface area contributed by atoms with Gasteiger partial charge in [0, 0.05) is 19.0 Å². The van der Waals surface area contributed by atoms with Crippen LogP contribution in [0.15, 0.2) is 0 Å². The highest BCUT2D eigenvalue weighted by atomic mass is 16.2. The van der Waals surface area contributed by atoms with Gasteiger partial charge in [-0.15, -0.1) is 0 Å². The highest BCUT2D eigenvalue weighted by Gasteiger charge is 2.26. The van der Waals surface area contributed by atoms with Crippen molar-refractivity contribution in [2.24, 2.45) is 5.92 Å². The van der Waals surface area contributed by atoms with Crippen molar-refractivity contribution in [3.8, 4) is 0 Å². The predicted octanol–water partition coefficient (Wildman–Crippen LogP) is 5.56. The van der Waals surface area contributed by atoms with E-state index in [1.807, 2.05) is 0 Å². The van der Waals surface area contributed by atoms with Gasteiger partial charge in [-0.25, -0.2) is 0 Å². The van der Waals surface area contributed by atoms with Crippen LogP contribution in [0, 0.1) is 5.92 Å². The molecule has 2 heteroatoms. The fourth-order valence-electron chi connectivity index (χ4n) is 3.26. The number of likely N-dealkylation sites (tertiary alicyclic amines) is 1. The molecule has 2 nitrogen and oxygen atoms in total. The summed E-state index contributed by atoms with van der Waals surface area (Å²) in [5.41, 5.74) is 0. The molecule has 1 atom stereocenters. The highest BCUT2D eigenvalue weighted by Crippen LogP contribution is 2.18. The molecule has 0 radical (unpaired) electrons.